The van der Waals surface area contributed by atoms with E-state index in [1.807, 2.05) is 0 Å². The molecule has 2 rings (SSSR count). The average Bonchev–Trinajstić information content (AvgIpc) is 2.53. The number of pyridine rings is 1. The normalized spacial score (nSPS) is 11.2. The summed E-state index contributed by atoms with van der Waals surface area (Å²) in [5.74, 6) is -0.304. The van der Waals surface area contributed by atoms with Gasteiger partial charge in [0.2, 0.25) is 10.0 Å². The maximum Gasteiger partial charge on any atom is 0.212 e. The molecule has 0 spiro atoms. The van der Waals surface area contributed by atoms with Crippen LogP contribution >= 0.6 is 0 Å². The highest BCUT2D eigenvalue weighted by Gasteiger charge is 2.13. The fourth-order valence-electron chi connectivity index (χ4n) is 1.78. The zero-order chi connectivity index (χ0) is 15.1. The van der Waals surface area contributed by atoms with Crippen LogP contribution in [0, 0.1) is 0 Å². The summed E-state index contributed by atoms with van der Waals surface area (Å²) in [6.45, 7) is -0.220. The van der Waals surface area contributed by atoms with Crippen LogP contribution in [0.1, 0.15) is 15.9 Å². The quantitative estimate of drug-likeness (QED) is 0.785. The molecule has 2 aromatic rings. The van der Waals surface area contributed by atoms with Crippen LogP contribution in [0.3, 0.4) is 0 Å². The summed E-state index contributed by atoms with van der Waals surface area (Å²) >= 11 is 0. The Morgan fingerprint density at radius 1 is 1.05 bits per heavy atom. The van der Waals surface area contributed by atoms with Gasteiger partial charge in [-0.05, 0) is 24.1 Å². The van der Waals surface area contributed by atoms with Crippen molar-refractivity contribution in [1.82, 2.24) is 9.71 Å². The minimum absolute atomic E-state index is 0.0565. The van der Waals surface area contributed by atoms with Crippen molar-refractivity contribution in [2.24, 2.45) is 0 Å². The third kappa shape index (κ3) is 5.09. The Labute approximate surface area is 124 Å². The fourth-order valence-corrected chi connectivity index (χ4v) is 2.78. The SMILES string of the molecule is O=C(CNS(=O)(=O)CCc1ccncc1)c1ccccc1. The summed E-state index contributed by atoms with van der Waals surface area (Å²) < 4.78 is 26.1. The van der Waals surface area contributed by atoms with Crippen LogP contribution in [-0.4, -0.2) is 31.5 Å². The number of hydrogen-bond acceptors (Lipinski definition) is 4. The number of nitrogens with one attached hydrogen (secondary N) is 1. The Morgan fingerprint density at radius 2 is 1.71 bits per heavy atom. The lowest BCUT2D eigenvalue weighted by Gasteiger charge is -2.06. The van der Waals surface area contributed by atoms with Gasteiger partial charge in [0.05, 0.1) is 12.3 Å². The Bertz CT molecular complexity index is 685. The van der Waals surface area contributed by atoms with Crippen molar-refractivity contribution < 1.29 is 13.2 Å². The number of hydrogen-bond donors (Lipinski definition) is 1. The molecule has 110 valence electrons. The zero-order valence-corrected chi connectivity index (χ0v) is 12.2. The third-order valence-corrected chi connectivity index (χ3v) is 4.28. The van der Waals surface area contributed by atoms with E-state index in [4.69, 9.17) is 0 Å². The molecule has 0 fully saturated rings. The van der Waals surface area contributed by atoms with Gasteiger partial charge in [-0.15, -0.1) is 0 Å². The van der Waals surface area contributed by atoms with Crippen LogP contribution in [0.4, 0.5) is 0 Å². The van der Waals surface area contributed by atoms with Gasteiger partial charge in [-0.1, -0.05) is 30.3 Å². The fraction of sp³-hybridized carbons (Fsp3) is 0.200. The van der Waals surface area contributed by atoms with Crippen molar-refractivity contribution in [2.45, 2.75) is 6.42 Å². The standard InChI is InChI=1S/C15H16N2O3S/c18-15(14-4-2-1-3-5-14)12-17-21(19,20)11-8-13-6-9-16-10-7-13/h1-7,9-10,17H,8,11-12H2. The maximum absolute atomic E-state index is 11.9. The highest BCUT2D eigenvalue weighted by atomic mass is 32.2. The highest BCUT2D eigenvalue weighted by Crippen LogP contribution is 2.02. The number of nitrogens with zero attached hydrogens (tertiary/aromatic N) is 1. The van der Waals surface area contributed by atoms with E-state index in [1.54, 1.807) is 54.9 Å². The Balaban J connectivity index is 1.85. The summed E-state index contributed by atoms with van der Waals surface area (Å²) in [5, 5.41) is 0. The number of carbonyl (C=O) groups excluding carboxylic acids is 1. The number of benzene rings is 1. The van der Waals surface area contributed by atoms with Gasteiger partial charge in [-0.2, -0.15) is 0 Å². The molecular weight excluding hydrogens is 288 g/mol. The van der Waals surface area contributed by atoms with Crippen molar-refractivity contribution in [3.8, 4) is 0 Å². The lowest BCUT2D eigenvalue weighted by Crippen LogP contribution is -2.32. The van der Waals surface area contributed by atoms with Crippen molar-refractivity contribution in [2.75, 3.05) is 12.3 Å². The summed E-state index contributed by atoms with van der Waals surface area (Å²) in [6, 6.07) is 12.1. The molecule has 0 radical (unpaired) electrons. The molecule has 6 heteroatoms. The molecule has 21 heavy (non-hydrogen) atoms. The molecule has 0 bridgehead atoms. The van der Waals surface area contributed by atoms with E-state index in [0.29, 0.717) is 12.0 Å². The van der Waals surface area contributed by atoms with Gasteiger partial charge in [0.15, 0.2) is 5.78 Å². The van der Waals surface area contributed by atoms with E-state index in [1.165, 1.54) is 0 Å². The molecule has 1 aromatic heterocycles. The molecule has 0 unspecified atom stereocenters. The Hall–Kier alpha value is -2.05. The van der Waals surface area contributed by atoms with Crippen LogP contribution in [0.15, 0.2) is 54.9 Å². The zero-order valence-electron chi connectivity index (χ0n) is 11.4. The first-order valence-electron chi connectivity index (χ1n) is 6.51. The lowest BCUT2D eigenvalue weighted by molar-refractivity contribution is 0.0997. The predicted octanol–water partition coefficient (Wildman–Crippen LogP) is 1.43. The van der Waals surface area contributed by atoms with E-state index >= 15 is 0 Å². The molecule has 0 aliphatic heterocycles. The van der Waals surface area contributed by atoms with Crippen LogP contribution in [0.25, 0.3) is 0 Å². The van der Waals surface area contributed by atoms with Gasteiger partial charge in [-0.3, -0.25) is 9.78 Å². The van der Waals surface area contributed by atoms with Gasteiger partial charge >= 0.3 is 0 Å². The monoisotopic (exact) mass is 304 g/mol. The van der Waals surface area contributed by atoms with E-state index in [0.717, 1.165) is 5.56 Å². The molecule has 0 amide bonds. The van der Waals surface area contributed by atoms with Crippen molar-refractivity contribution in [3.63, 3.8) is 0 Å². The molecule has 0 saturated heterocycles. The van der Waals surface area contributed by atoms with E-state index < -0.39 is 10.0 Å². The first-order chi connectivity index (χ1) is 10.1. The number of aryl methyl sites for hydroxylation is 1. The number of rotatable bonds is 7. The lowest BCUT2D eigenvalue weighted by atomic mass is 10.1. The summed E-state index contributed by atoms with van der Waals surface area (Å²) in [4.78, 5) is 15.7. The second-order valence-corrected chi connectivity index (χ2v) is 6.46. The van der Waals surface area contributed by atoms with Crippen molar-refractivity contribution >= 4 is 15.8 Å². The predicted molar refractivity (Wildman–Crippen MR) is 80.5 cm³/mol. The largest absolute Gasteiger partial charge is 0.293 e. The van der Waals surface area contributed by atoms with Gasteiger partial charge in [-0.25, -0.2) is 13.1 Å². The average molecular weight is 304 g/mol. The van der Waals surface area contributed by atoms with E-state index in [2.05, 4.69) is 9.71 Å². The minimum atomic E-state index is -3.47. The first kappa shape index (κ1) is 15.3. The number of sulfonamides is 1. The third-order valence-electron chi connectivity index (χ3n) is 2.96. The van der Waals surface area contributed by atoms with Crippen LogP contribution in [0.2, 0.25) is 0 Å². The second-order valence-electron chi connectivity index (χ2n) is 4.53. The van der Waals surface area contributed by atoms with Gasteiger partial charge < -0.3 is 0 Å². The molecule has 1 N–H and O–H groups in total. The van der Waals surface area contributed by atoms with Gasteiger partial charge in [0, 0.05) is 18.0 Å². The van der Waals surface area contributed by atoms with Crippen LogP contribution < -0.4 is 4.72 Å². The number of aromatic nitrogens is 1. The molecule has 0 saturated carbocycles. The molecule has 0 atom stereocenters. The molecule has 0 aliphatic rings. The van der Waals surface area contributed by atoms with Crippen molar-refractivity contribution in [1.29, 1.82) is 0 Å². The molecular formula is C15H16N2O3S. The minimum Gasteiger partial charge on any atom is -0.293 e. The number of ketones is 1. The highest BCUT2D eigenvalue weighted by molar-refractivity contribution is 7.89. The Morgan fingerprint density at radius 3 is 2.38 bits per heavy atom. The van der Waals surface area contributed by atoms with Gasteiger partial charge in [0.25, 0.3) is 0 Å². The first-order valence-corrected chi connectivity index (χ1v) is 8.16. The second kappa shape index (κ2) is 7.10. The van der Waals surface area contributed by atoms with Crippen molar-refractivity contribution in [3.05, 3.63) is 66.0 Å². The number of Topliss-reactive ketones (excluding diaryl/α,β-unsaturated/α-hetero) is 1. The van der Waals surface area contributed by atoms with Crippen LogP contribution in [0.5, 0.6) is 0 Å². The summed E-state index contributed by atoms with van der Waals surface area (Å²) in [6.07, 6.45) is 3.63. The maximum atomic E-state index is 11.9. The molecule has 5 nitrogen and oxygen atoms in total. The molecule has 1 aromatic carbocycles. The molecule has 0 aliphatic carbocycles. The van der Waals surface area contributed by atoms with E-state index in [9.17, 15) is 13.2 Å². The molecule has 1 heterocycles. The van der Waals surface area contributed by atoms with Crippen LogP contribution in [-0.2, 0) is 16.4 Å². The van der Waals surface area contributed by atoms with E-state index in [-0.39, 0.29) is 18.1 Å². The smallest absolute Gasteiger partial charge is 0.212 e. The topological polar surface area (TPSA) is 76.1 Å². The van der Waals surface area contributed by atoms with Gasteiger partial charge in [0.1, 0.15) is 0 Å². The number of carbonyl (C=O) groups is 1. The summed E-state index contributed by atoms with van der Waals surface area (Å²) in [5.41, 5.74) is 1.39. The summed E-state index contributed by atoms with van der Waals surface area (Å²) in [7, 11) is -3.47. The Kier molecular flexibility index (Phi) is 5.19.